The standard InChI is InChI=1S/C19H21ClN6/c20-15-2-1-13(11-22-15)12-23-18-14-3-5-19(6-9-21-10-7-19)17(14)25-16-4-8-24-26(16)18/h1-2,4,8,11,21,23H,3,5-7,9-10,12H2. The van der Waals surface area contributed by atoms with Gasteiger partial charge in [-0.1, -0.05) is 17.7 Å². The van der Waals surface area contributed by atoms with E-state index in [0.29, 0.717) is 11.7 Å². The van der Waals surface area contributed by atoms with Crippen LogP contribution in [-0.2, 0) is 18.4 Å². The van der Waals surface area contributed by atoms with Crippen molar-refractivity contribution in [3.63, 3.8) is 0 Å². The highest BCUT2D eigenvalue weighted by Crippen LogP contribution is 2.46. The van der Waals surface area contributed by atoms with Crippen LogP contribution in [0.25, 0.3) is 5.65 Å². The Labute approximate surface area is 157 Å². The Hall–Kier alpha value is -2.18. The Bertz CT molecular complexity index is 943. The van der Waals surface area contributed by atoms with E-state index in [4.69, 9.17) is 16.6 Å². The monoisotopic (exact) mass is 368 g/mol. The lowest BCUT2D eigenvalue weighted by Gasteiger charge is -2.34. The molecule has 2 N–H and O–H groups in total. The zero-order valence-corrected chi connectivity index (χ0v) is 15.3. The minimum absolute atomic E-state index is 0.227. The summed E-state index contributed by atoms with van der Waals surface area (Å²) in [6.45, 7) is 2.83. The fraction of sp³-hybridized carbons (Fsp3) is 0.421. The van der Waals surface area contributed by atoms with E-state index in [1.54, 1.807) is 0 Å². The Morgan fingerprint density at radius 1 is 1.19 bits per heavy atom. The molecule has 2 aliphatic rings. The van der Waals surface area contributed by atoms with E-state index in [9.17, 15) is 0 Å². The fourth-order valence-electron chi connectivity index (χ4n) is 4.40. The summed E-state index contributed by atoms with van der Waals surface area (Å²) in [5.41, 5.74) is 4.84. The molecule has 0 bridgehead atoms. The molecule has 1 aliphatic carbocycles. The molecule has 134 valence electrons. The highest BCUT2D eigenvalue weighted by atomic mass is 35.5. The molecule has 0 aromatic carbocycles. The molecule has 3 aromatic heterocycles. The van der Waals surface area contributed by atoms with Gasteiger partial charge in [0.25, 0.3) is 0 Å². The predicted molar refractivity (Wildman–Crippen MR) is 102 cm³/mol. The van der Waals surface area contributed by atoms with Gasteiger partial charge in [0, 0.05) is 29.8 Å². The molecule has 1 aliphatic heterocycles. The van der Waals surface area contributed by atoms with Gasteiger partial charge in [0.1, 0.15) is 11.0 Å². The summed E-state index contributed by atoms with van der Waals surface area (Å²) in [7, 11) is 0. The molecular formula is C19H21ClN6. The molecule has 0 radical (unpaired) electrons. The van der Waals surface area contributed by atoms with Crippen LogP contribution < -0.4 is 10.6 Å². The van der Waals surface area contributed by atoms with E-state index in [-0.39, 0.29) is 5.41 Å². The molecule has 0 unspecified atom stereocenters. The zero-order valence-electron chi connectivity index (χ0n) is 14.5. The van der Waals surface area contributed by atoms with Crippen molar-refractivity contribution in [2.45, 2.75) is 37.6 Å². The first-order valence-electron chi connectivity index (χ1n) is 9.17. The summed E-state index contributed by atoms with van der Waals surface area (Å²) in [6.07, 6.45) is 8.20. The third-order valence-corrected chi connectivity index (χ3v) is 6.02. The lowest BCUT2D eigenvalue weighted by atomic mass is 9.77. The molecule has 0 saturated carbocycles. The number of pyridine rings is 1. The molecule has 7 heteroatoms. The van der Waals surface area contributed by atoms with Crippen LogP contribution in [0.1, 0.15) is 36.1 Å². The number of hydrogen-bond donors (Lipinski definition) is 2. The molecule has 26 heavy (non-hydrogen) atoms. The van der Waals surface area contributed by atoms with Crippen LogP contribution in [0.15, 0.2) is 30.6 Å². The number of piperidine rings is 1. The maximum atomic E-state index is 5.89. The van der Waals surface area contributed by atoms with Crippen molar-refractivity contribution in [3.8, 4) is 0 Å². The first-order valence-corrected chi connectivity index (χ1v) is 9.55. The number of aromatic nitrogens is 4. The molecule has 0 atom stereocenters. The van der Waals surface area contributed by atoms with Gasteiger partial charge < -0.3 is 10.6 Å². The molecule has 5 rings (SSSR count). The van der Waals surface area contributed by atoms with Crippen LogP contribution >= 0.6 is 11.6 Å². The Morgan fingerprint density at radius 2 is 2.08 bits per heavy atom. The average molecular weight is 369 g/mol. The van der Waals surface area contributed by atoms with E-state index in [0.717, 1.165) is 49.4 Å². The van der Waals surface area contributed by atoms with E-state index >= 15 is 0 Å². The number of hydrogen-bond acceptors (Lipinski definition) is 5. The van der Waals surface area contributed by atoms with E-state index in [1.165, 1.54) is 17.7 Å². The zero-order chi connectivity index (χ0) is 17.6. The summed E-state index contributed by atoms with van der Waals surface area (Å²) in [4.78, 5) is 9.19. The molecule has 1 fully saturated rings. The summed E-state index contributed by atoms with van der Waals surface area (Å²) < 4.78 is 1.93. The van der Waals surface area contributed by atoms with Crippen molar-refractivity contribution in [2.75, 3.05) is 18.4 Å². The minimum atomic E-state index is 0.227. The quantitative estimate of drug-likeness (QED) is 0.696. The largest absolute Gasteiger partial charge is 0.366 e. The molecule has 3 aromatic rings. The highest BCUT2D eigenvalue weighted by Gasteiger charge is 2.42. The summed E-state index contributed by atoms with van der Waals surface area (Å²) >= 11 is 5.89. The Balaban J connectivity index is 1.54. The molecule has 1 spiro atoms. The van der Waals surface area contributed by atoms with Gasteiger partial charge >= 0.3 is 0 Å². The number of rotatable bonds is 3. The second-order valence-electron chi connectivity index (χ2n) is 7.26. The molecule has 4 heterocycles. The molecule has 6 nitrogen and oxygen atoms in total. The van der Waals surface area contributed by atoms with Crippen LogP contribution in [0.2, 0.25) is 5.15 Å². The summed E-state index contributed by atoms with van der Waals surface area (Å²) in [5.74, 6) is 1.07. The van der Waals surface area contributed by atoms with Crippen LogP contribution in [0.3, 0.4) is 0 Å². The van der Waals surface area contributed by atoms with Gasteiger partial charge in [-0.15, -0.1) is 0 Å². The predicted octanol–water partition coefficient (Wildman–Crippen LogP) is 2.96. The molecular weight excluding hydrogens is 348 g/mol. The third-order valence-electron chi connectivity index (χ3n) is 5.80. The van der Waals surface area contributed by atoms with Gasteiger partial charge in [-0.2, -0.15) is 9.61 Å². The lowest BCUT2D eigenvalue weighted by molar-refractivity contribution is 0.301. The van der Waals surface area contributed by atoms with Gasteiger partial charge in [-0.3, -0.25) is 0 Å². The second kappa shape index (κ2) is 6.21. The maximum absolute atomic E-state index is 5.89. The van der Waals surface area contributed by atoms with E-state index < -0.39 is 0 Å². The number of anilines is 1. The van der Waals surface area contributed by atoms with Crippen molar-refractivity contribution in [1.82, 2.24) is 24.9 Å². The first-order chi connectivity index (χ1) is 12.8. The fourth-order valence-corrected chi connectivity index (χ4v) is 4.52. The number of nitrogens with one attached hydrogen (secondary N) is 2. The molecule has 0 amide bonds. The van der Waals surface area contributed by atoms with Gasteiger partial charge in [-0.25, -0.2) is 9.97 Å². The first kappa shape index (κ1) is 16.0. The van der Waals surface area contributed by atoms with E-state index in [1.807, 2.05) is 35.1 Å². The minimum Gasteiger partial charge on any atom is -0.366 e. The van der Waals surface area contributed by atoms with Crippen LogP contribution in [0.5, 0.6) is 0 Å². The van der Waals surface area contributed by atoms with Gasteiger partial charge in [-0.05, 0) is 50.4 Å². The van der Waals surface area contributed by atoms with Crippen molar-refractivity contribution in [2.24, 2.45) is 0 Å². The van der Waals surface area contributed by atoms with Gasteiger partial charge in [0.15, 0.2) is 5.65 Å². The van der Waals surface area contributed by atoms with E-state index in [2.05, 4.69) is 20.7 Å². The lowest BCUT2D eigenvalue weighted by Crippen LogP contribution is -2.39. The summed E-state index contributed by atoms with van der Waals surface area (Å²) in [5, 5.41) is 12.1. The van der Waals surface area contributed by atoms with Gasteiger partial charge in [0.05, 0.1) is 11.9 Å². The Morgan fingerprint density at radius 3 is 2.88 bits per heavy atom. The SMILES string of the molecule is Clc1ccc(CNc2c3c(nc4ccnn24)C2(CCNCC2)CC3)cn1. The maximum Gasteiger partial charge on any atom is 0.157 e. The van der Waals surface area contributed by atoms with Gasteiger partial charge in [0.2, 0.25) is 0 Å². The van der Waals surface area contributed by atoms with Crippen LogP contribution in [0, 0.1) is 0 Å². The second-order valence-corrected chi connectivity index (χ2v) is 7.65. The third kappa shape index (κ3) is 2.56. The average Bonchev–Trinajstić information content (AvgIpc) is 3.27. The Kier molecular flexibility index (Phi) is 3.83. The van der Waals surface area contributed by atoms with Crippen LogP contribution in [0.4, 0.5) is 5.82 Å². The van der Waals surface area contributed by atoms with Crippen LogP contribution in [-0.4, -0.2) is 32.7 Å². The summed E-state index contributed by atoms with van der Waals surface area (Å²) in [6, 6.07) is 5.81. The van der Waals surface area contributed by atoms with Crippen molar-refractivity contribution in [3.05, 3.63) is 52.6 Å². The molecule has 1 saturated heterocycles. The number of halogens is 1. The van der Waals surface area contributed by atoms with Crippen molar-refractivity contribution in [1.29, 1.82) is 0 Å². The highest BCUT2D eigenvalue weighted by molar-refractivity contribution is 6.29. The smallest absolute Gasteiger partial charge is 0.157 e. The normalized spacial score (nSPS) is 18.3. The van der Waals surface area contributed by atoms with Crippen molar-refractivity contribution >= 4 is 23.1 Å². The topological polar surface area (TPSA) is 67.1 Å². The number of fused-ring (bicyclic) bond motifs is 3. The van der Waals surface area contributed by atoms with Crippen molar-refractivity contribution < 1.29 is 0 Å². The number of nitrogens with zero attached hydrogens (tertiary/aromatic N) is 4.